The van der Waals surface area contributed by atoms with Crippen LogP contribution in [0.1, 0.15) is 44.4 Å². The van der Waals surface area contributed by atoms with Crippen molar-refractivity contribution in [2.75, 3.05) is 6.54 Å². The van der Waals surface area contributed by atoms with E-state index < -0.39 is 47.9 Å². The third-order valence-electron chi connectivity index (χ3n) is 6.70. The Labute approximate surface area is 243 Å². The van der Waals surface area contributed by atoms with Crippen molar-refractivity contribution in [3.63, 3.8) is 0 Å². The van der Waals surface area contributed by atoms with Crippen molar-refractivity contribution in [2.45, 2.75) is 70.1 Å². The smallest absolute Gasteiger partial charge is 0.326 e. The number of rotatable bonds is 17. The van der Waals surface area contributed by atoms with Crippen LogP contribution in [0, 0.1) is 5.92 Å². The van der Waals surface area contributed by atoms with Gasteiger partial charge in [0.1, 0.15) is 23.9 Å². The number of nitrogens with one attached hydrogen (secondary N) is 4. The summed E-state index contributed by atoms with van der Waals surface area (Å²) in [5.41, 5.74) is 18.0. The number of amides is 3. The molecule has 0 spiro atoms. The molecule has 2 aromatic rings. The molecule has 42 heavy (non-hydrogen) atoms. The highest BCUT2D eigenvalue weighted by molar-refractivity contribution is 5.94. The van der Waals surface area contributed by atoms with Crippen LogP contribution in [0.2, 0.25) is 0 Å². The van der Waals surface area contributed by atoms with Crippen LogP contribution in [-0.2, 0) is 32.0 Å². The molecule has 0 saturated heterocycles. The van der Waals surface area contributed by atoms with Crippen LogP contribution in [0.15, 0.2) is 41.8 Å². The molecule has 3 amide bonds. The van der Waals surface area contributed by atoms with Gasteiger partial charge in [0.2, 0.25) is 17.7 Å². The van der Waals surface area contributed by atoms with E-state index in [4.69, 9.17) is 17.2 Å². The number of phenolic OH excluding ortho intramolecular Hbond substituents is 1. The van der Waals surface area contributed by atoms with Gasteiger partial charge in [-0.05, 0) is 36.5 Å². The number of guanidine groups is 1. The average molecular weight is 588 g/mol. The van der Waals surface area contributed by atoms with Crippen LogP contribution < -0.4 is 33.2 Å². The molecule has 0 bridgehead atoms. The van der Waals surface area contributed by atoms with Gasteiger partial charge in [0.05, 0.1) is 12.4 Å². The number of nitrogens with zero attached hydrogens (tertiary/aromatic N) is 2. The Morgan fingerprint density at radius 1 is 1.00 bits per heavy atom. The standard InChI is InChI=1S/C27H41N9O6/c1-3-15(2)22(26(41)42)36-25(40)21(11-16-6-8-18(37)9-7-16)35-24(39)20(5-4-10-32-27(29)30)34-23(38)19(28)12-17-13-31-14-33-17/h6-9,13-15,19-22,37H,3-5,10-12,28H2,1-2H3,(H,31,33)(H,34,38)(H,35,39)(H,36,40)(H,41,42)(H4,29,30,32). The molecular formula is C27H41N9O6. The molecule has 5 unspecified atom stereocenters. The van der Waals surface area contributed by atoms with E-state index >= 15 is 0 Å². The number of carbonyl (C=O) groups excluding carboxylic acids is 3. The first-order valence-electron chi connectivity index (χ1n) is 13.6. The zero-order valence-electron chi connectivity index (χ0n) is 23.7. The predicted molar refractivity (Wildman–Crippen MR) is 155 cm³/mol. The maximum absolute atomic E-state index is 13.5. The molecule has 0 saturated carbocycles. The maximum Gasteiger partial charge on any atom is 0.326 e. The highest BCUT2D eigenvalue weighted by Crippen LogP contribution is 2.13. The van der Waals surface area contributed by atoms with Gasteiger partial charge in [-0.2, -0.15) is 0 Å². The second-order valence-corrected chi connectivity index (χ2v) is 10.0. The molecule has 0 aliphatic heterocycles. The molecule has 2 rings (SSSR count). The summed E-state index contributed by atoms with van der Waals surface area (Å²) in [6.45, 7) is 3.69. The van der Waals surface area contributed by atoms with Crippen molar-refractivity contribution in [1.82, 2.24) is 25.9 Å². The third-order valence-corrected chi connectivity index (χ3v) is 6.70. The van der Waals surface area contributed by atoms with E-state index in [-0.39, 0.29) is 43.4 Å². The quantitative estimate of drug-likeness (QED) is 0.0610. The molecule has 0 aliphatic carbocycles. The number of carboxylic acids is 1. The number of nitrogens with two attached hydrogens (primary N) is 3. The lowest BCUT2D eigenvalue weighted by molar-refractivity contribution is -0.143. The predicted octanol–water partition coefficient (Wildman–Crippen LogP) is -1.13. The summed E-state index contributed by atoms with van der Waals surface area (Å²) in [5.74, 6) is -3.70. The van der Waals surface area contributed by atoms with Crippen LogP contribution in [0.5, 0.6) is 5.75 Å². The molecule has 0 aliphatic rings. The molecule has 5 atom stereocenters. The van der Waals surface area contributed by atoms with Gasteiger partial charge in [0.15, 0.2) is 5.96 Å². The van der Waals surface area contributed by atoms with Gasteiger partial charge >= 0.3 is 5.97 Å². The number of benzene rings is 1. The van der Waals surface area contributed by atoms with E-state index in [0.717, 1.165) is 0 Å². The number of carboxylic acid groups (broad SMARTS) is 1. The van der Waals surface area contributed by atoms with Crippen LogP contribution in [0.4, 0.5) is 0 Å². The molecule has 230 valence electrons. The molecule has 0 fully saturated rings. The first-order chi connectivity index (χ1) is 19.9. The van der Waals surface area contributed by atoms with Crippen LogP contribution in [0.25, 0.3) is 0 Å². The number of imidazole rings is 1. The van der Waals surface area contributed by atoms with E-state index in [1.54, 1.807) is 26.0 Å². The van der Waals surface area contributed by atoms with Crippen molar-refractivity contribution in [3.05, 3.63) is 48.0 Å². The van der Waals surface area contributed by atoms with Gasteiger partial charge < -0.3 is 48.3 Å². The second-order valence-electron chi connectivity index (χ2n) is 10.0. The van der Waals surface area contributed by atoms with Crippen molar-refractivity contribution >= 4 is 29.7 Å². The molecule has 15 heteroatoms. The summed E-state index contributed by atoms with van der Waals surface area (Å²) in [6, 6.07) is 1.52. The van der Waals surface area contributed by atoms with Crippen LogP contribution in [0.3, 0.4) is 0 Å². The highest BCUT2D eigenvalue weighted by Gasteiger charge is 2.32. The Kier molecular flexibility index (Phi) is 13.2. The van der Waals surface area contributed by atoms with Crippen LogP contribution >= 0.6 is 0 Å². The Morgan fingerprint density at radius 3 is 2.21 bits per heavy atom. The first-order valence-corrected chi connectivity index (χ1v) is 13.6. The Bertz CT molecular complexity index is 1200. The second kappa shape index (κ2) is 16.6. The number of carbonyl (C=O) groups is 4. The number of aromatic amines is 1. The molecule has 15 nitrogen and oxygen atoms in total. The van der Waals surface area contributed by atoms with Crippen molar-refractivity contribution in [3.8, 4) is 5.75 Å². The monoisotopic (exact) mass is 587 g/mol. The fourth-order valence-corrected chi connectivity index (χ4v) is 4.06. The van der Waals surface area contributed by atoms with Gasteiger partial charge in [-0.3, -0.25) is 19.4 Å². The summed E-state index contributed by atoms with van der Waals surface area (Å²) in [5, 5.41) is 27.1. The minimum absolute atomic E-state index is 0.0152. The topological polar surface area (TPSA) is 264 Å². The average Bonchev–Trinajstić information content (AvgIpc) is 3.46. The zero-order chi connectivity index (χ0) is 31.2. The number of phenols is 1. The van der Waals surface area contributed by atoms with E-state index in [9.17, 15) is 29.4 Å². The summed E-state index contributed by atoms with van der Waals surface area (Å²) >= 11 is 0. The van der Waals surface area contributed by atoms with E-state index in [2.05, 4.69) is 30.9 Å². The van der Waals surface area contributed by atoms with Crippen molar-refractivity contribution in [1.29, 1.82) is 0 Å². The number of aliphatic carboxylic acids is 1. The molecule has 1 aromatic heterocycles. The fraction of sp³-hybridized carbons (Fsp3) is 0.481. The highest BCUT2D eigenvalue weighted by atomic mass is 16.4. The minimum Gasteiger partial charge on any atom is -0.508 e. The fourth-order valence-electron chi connectivity index (χ4n) is 4.06. The number of hydrogen-bond donors (Lipinski definition) is 9. The Balaban J connectivity index is 2.26. The van der Waals surface area contributed by atoms with Gasteiger partial charge in [0.25, 0.3) is 0 Å². The Hall–Kier alpha value is -4.66. The molecule has 1 heterocycles. The first kappa shape index (κ1) is 33.5. The largest absolute Gasteiger partial charge is 0.508 e. The van der Waals surface area contributed by atoms with Crippen molar-refractivity contribution < 1.29 is 29.4 Å². The third kappa shape index (κ3) is 11.1. The number of aromatic hydroxyl groups is 1. The minimum atomic E-state index is -1.21. The molecule has 1 aromatic carbocycles. The van der Waals surface area contributed by atoms with Crippen LogP contribution in [-0.4, -0.2) is 80.5 Å². The van der Waals surface area contributed by atoms with E-state index in [1.807, 2.05) is 0 Å². The number of H-pyrrole nitrogens is 1. The summed E-state index contributed by atoms with van der Waals surface area (Å²) < 4.78 is 0. The zero-order valence-corrected chi connectivity index (χ0v) is 23.7. The number of hydrogen-bond acceptors (Lipinski definition) is 8. The van der Waals surface area contributed by atoms with Gasteiger partial charge in [-0.1, -0.05) is 32.4 Å². The summed E-state index contributed by atoms with van der Waals surface area (Å²) in [7, 11) is 0. The SMILES string of the molecule is CCC(C)C(NC(=O)C(Cc1ccc(O)cc1)NC(=O)C(CCCN=C(N)N)NC(=O)C(N)Cc1cnc[nH]1)C(=O)O. The number of aromatic nitrogens is 2. The van der Waals surface area contributed by atoms with Gasteiger partial charge in [0, 0.05) is 31.3 Å². The van der Waals surface area contributed by atoms with E-state index in [0.29, 0.717) is 24.1 Å². The van der Waals surface area contributed by atoms with E-state index in [1.165, 1.54) is 24.7 Å². The van der Waals surface area contributed by atoms with Gasteiger partial charge in [-0.25, -0.2) is 9.78 Å². The lowest BCUT2D eigenvalue weighted by Crippen LogP contribution is -2.58. The molecule has 12 N–H and O–H groups in total. The number of aliphatic imine (C=N–C) groups is 1. The maximum atomic E-state index is 13.5. The Morgan fingerprint density at radius 2 is 1.64 bits per heavy atom. The molecular weight excluding hydrogens is 546 g/mol. The lowest BCUT2D eigenvalue weighted by atomic mass is 9.98. The lowest BCUT2D eigenvalue weighted by Gasteiger charge is -2.26. The molecule has 0 radical (unpaired) electrons. The summed E-state index contributed by atoms with van der Waals surface area (Å²) in [4.78, 5) is 62.3. The summed E-state index contributed by atoms with van der Waals surface area (Å²) in [6.07, 6.45) is 4.04. The van der Waals surface area contributed by atoms with Gasteiger partial charge in [-0.15, -0.1) is 0 Å². The van der Waals surface area contributed by atoms with Crippen molar-refractivity contribution in [2.24, 2.45) is 28.1 Å². The normalized spacial score (nSPS) is 14.5.